The van der Waals surface area contributed by atoms with Gasteiger partial charge < -0.3 is 0 Å². The first-order valence-corrected chi connectivity index (χ1v) is 13.7. The van der Waals surface area contributed by atoms with Gasteiger partial charge in [0.1, 0.15) is 0 Å². The Labute approximate surface area is 141 Å². The molecule has 0 aromatic carbocycles. The summed E-state index contributed by atoms with van der Waals surface area (Å²) in [6.07, 6.45) is 1.96. The molecule has 138 valence electrons. The Balaban J connectivity index is 4.03. The van der Waals surface area contributed by atoms with Gasteiger partial charge in [-0.05, 0) is 0 Å². The van der Waals surface area contributed by atoms with Crippen molar-refractivity contribution in [3.63, 3.8) is 0 Å². The van der Waals surface area contributed by atoms with Gasteiger partial charge in [0.15, 0.2) is 0 Å². The molecular weight excluding hydrogens is 424 g/mol. The van der Waals surface area contributed by atoms with Crippen LogP contribution in [0.2, 0.25) is 10.6 Å². The summed E-state index contributed by atoms with van der Waals surface area (Å²) in [5.74, 6) is 0. The molecule has 0 saturated heterocycles. The summed E-state index contributed by atoms with van der Waals surface area (Å²) in [6, 6.07) is 0. The minimum atomic E-state index is -2.63. The van der Waals surface area contributed by atoms with Gasteiger partial charge in [-0.25, -0.2) is 0 Å². The predicted octanol–water partition coefficient (Wildman–Crippen LogP) is 1.45. The fraction of sp³-hybridized carbons (Fsp3) is 1.00. The van der Waals surface area contributed by atoms with Crippen LogP contribution in [0.5, 0.6) is 0 Å². The number of hydrogen-bond acceptors (Lipinski definition) is 7. The van der Waals surface area contributed by atoms with E-state index in [1.165, 1.54) is 0 Å². The van der Waals surface area contributed by atoms with Crippen molar-refractivity contribution < 1.29 is 22.9 Å². The Hall–Kier alpha value is 0.759. The van der Waals surface area contributed by atoms with Crippen LogP contribution in [-0.2, 0) is 22.9 Å². The molecule has 0 aliphatic carbocycles. The van der Waals surface area contributed by atoms with E-state index in [4.69, 9.17) is 22.9 Å². The molecule has 0 aliphatic rings. The molecule has 0 aromatic heterocycles. The minimum absolute atomic E-state index is 0.832. The molecule has 0 saturated carbocycles. The average molecular weight is 457 g/mol. The van der Waals surface area contributed by atoms with Gasteiger partial charge in [-0.2, -0.15) is 0 Å². The van der Waals surface area contributed by atoms with Gasteiger partial charge in [-0.15, -0.1) is 0 Å². The van der Waals surface area contributed by atoms with Crippen LogP contribution in [0.15, 0.2) is 0 Å². The second-order valence-electron chi connectivity index (χ2n) is 4.53. The monoisotopic (exact) mass is 459 g/mol. The Bertz CT molecular complexity index is 235. The zero-order valence-electron chi connectivity index (χ0n) is 15.0. The van der Waals surface area contributed by atoms with Crippen molar-refractivity contribution in [1.29, 1.82) is 0 Å². The summed E-state index contributed by atoms with van der Waals surface area (Å²) in [6.45, 7) is 1.94. The van der Waals surface area contributed by atoms with Crippen LogP contribution in [0.1, 0.15) is 12.8 Å². The molecule has 0 fully saturated rings. The number of rotatable bonds is 14. The summed E-state index contributed by atoms with van der Waals surface area (Å²) in [5.41, 5.74) is 0. The van der Waals surface area contributed by atoms with Crippen LogP contribution in [0, 0.1) is 0 Å². The van der Waals surface area contributed by atoms with Crippen LogP contribution in [0.4, 0.5) is 0 Å². The van der Waals surface area contributed by atoms with Crippen molar-refractivity contribution in [2.75, 3.05) is 62.8 Å². The van der Waals surface area contributed by atoms with E-state index in [1.807, 2.05) is 0 Å². The molecule has 0 radical (unpaired) electrons. The molecule has 22 heavy (non-hydrogen) atoms. The van der Waals surface area contributed by atoms with Gasteiger partial charge in [0.25, 0.3) is 0 Å². The fourth-order valence-electron chi connectivity index (χ4n) is 2.04. The number of nitrogens with zero attached hydrogens (tertiary/aromatic N) is 1. The van der Waals surface area contributed by atoms with Crippen molar-refractivity contribution >= 4 is 27.7 Å². The van der Waals surface area contributed by atoms with Crippen LogP contribution in [0.3, 0.4) is 0 Å². The van der Waals surface area contributed by atoms with Gasteiger partial charge in [0.2, 0.25) is 0 Å². The van der Waals surface area contributed by atoms with E-state index >= 15 is 0 Å². The third kappa shape index (κ3) is 7.55. The third-order valence-corrected chi connectivity index (χ3v) is 13.1. The van der Waals surface area contributed by atoms with Crippen molar-refractivity contribution in [2.24, 2.45) is 0 Å². The second-order valence-corrected chi connectivity index (χ2v) is 15.1. The summed E-state index contributed by atoms with van der Waals surface area (Å²) >= 11 is -5.26. The van der Waals surface area contributed by atoms with E-state index in [2.05, 4.69) is 11.9 Å². The first-order valence-electron chi connectivity index (χ1n) is 7.11. The molecule has 0 rings (SSSR count). The summed E-state index contributed by atoms with van der Waals surface area (Å²) < 4.78 is 32.6. The molecule has 0 spiro atoms. The van der Waals surface area contributed by atoms with Crippen molar-refractivity contribution in [3.8, 4) is 0 Å². The van der Waals surface area contributed by atoms with Crippen LogP contribution >= 0.6 is 0 Å². The summed E-state index contributed by atoms with van der Waals surface area (Å²) in [7, 11) is 12.0. The van der Waals surface area contributed by atoms with Gasteiger partial charge in [-0.3, -0.25) is 0 Å². The SMILES string of the molecule is CO[Se](CCCN(C)CCC[Se](OC)(OC)OC)(OC)OC. The zero-order valence-corrected chi connectivity index (χ0v) is 18.4. The quantitative estimate of drug-likeness (QED) is 0.366. The normalized spacial score (nSPS) is 14.5. The fourth-order valence-corrected chi connectivity index (χ4v) is 7.88. The molecule has 7 nitrogen and oxygen atoms in total. The molecule has 0 bridgehead atoms. The first kappa shape index (κ1) is 22.8. The summed E-state index contributed by atoms with van der Waals surface area (Å²) in [5, 5.41) is 1.66. The molecule has 0 unspecified atom stereocenters. The summed E-state index contributed by atoms with van der Waals surface area (Å²) in [4.78, 5) is 2.28. The molecule has 0 atom stereocenters. The molecule has 0 amide bonds. The predicted molar refractivity (Wildman–Crippen MR) is 89.9 cm³/mol. The molecule has 0 aliphatic heterocycles. The van der Waals surface area contributed by atoms with E-state index in [9.17, 15) is 0 Å². The van der Waals surface area contributed by atoms with E-state index < -0.39 is 27.7 Å². The van der Waals surface area contributed by atoms with E-state index in [-0.39, 0.29) is 0 Å². The van der Waals surface area contributed by atoms with E-state index in [0.29, 0.717) is 0 Å². The molecular formula is C13H33NO6Se2. The standard InChI is InChI=1S/C13H33NO6Se2/c1-14(10-8-12-21(15-2,16-3)17-4)11-9-13-22(18-5,19-6)20-7/h8-13H2,1-7H3. The van der Waals surface area contributed by atoms with Crippen molar-refractivity contribution in [3.05, 3.63) is 0 Å². The van der Waals surface area contributed by atoms with Gasteiger partial charge in [0, 0.05) is 0 Å². The Morgan fingerprint density at radius 3 is 1.09 bits per heavy atom. The first-order chi connectivity index (χ1) is 10.5. The molecule has 0 N–H and O–H groups in total. The topological polar surface area (TPSA) is 58.6 Å². The molecule has 9 heteroatoms. The van der Waals surface area contributed by atoms with Gasteiger partial charge >= 0.3 is 142 Å². The van der Waals surface area contributed by atoms with Gasteiger partial charge in [0.05, 0.1) is 0 Å². The number of hydrogen-bond donors (Lipinski definition) is 0. The van der Waals surface area contributed by atoms with Crippen molar-refractivity contribution in [2.45, 2.75) is 23.5 Å². The average Bonchev–Trinajstić information content (AvgIpc) is 2.56. The zero-order chi connectivity index (χ0) is 17.1. The Morgan fingerprint density at radius 1 is 0.591 bits per heavy atom. The maximum atomic E-state index is 5.44. The van der Waals surface area contributed by atoms with Gasteiger partial charge in [-0.1, -0.05) is 0 Å². The van der Waals surface area contributed by atoms with Crippen LogP contribution in [-0.4, -0.2) is 95.4 Å². The Kier molecular flexibility index (Phi) is 12.6. The maximum absolute atomic E-state index is 5.44. The Morgan fingerprint density at radius 2 is 0.864 bits per heavy atom. The molecule has 0 aromatic rings. The van der Waals surface area contributed by atoms with E-state index in [1.54, 1.807) is 42.7 Å². The third-order valence-electron chi connectivity index (χ3n) is 3.39. The second kappa shape index (κ2) is 12.2. The van der Waals surface area contributed by atoms with Crippen molar-refractivity contribution in [1.82, 2.24) is 4.90 Å². The van der Waals surface area contributed by atoms with E-state index in [0.717, 1.165) is 36.6 Å². The molecule has 0 heterocycles. The van der Waals surface area contributed by atoms with Crippen LogP contribution in [0.25, 0.3) is 0 Å². The van der Waals surface area contributed by atoms with Crippen LogP contribution < -0.4 is 0 Å².